The lowest BCUT2D eigenvalue weighted by atomic mass is 9.96. The number of allylic oxidation sites excluding steroid dienone is 1. The number of oxazole rings is 1. The predicted molar refractivity (Wildman–Crippen MR) is 209 cm³/mol. The Balaban J connectivity index is 0.754. The van der Waals surface area contributed by atoms with Crippen LogP contribution in [0.2, 0.25) is 0 Å². The zero-order valence-corrected chi connectivity index (χ0v) is 31.0. The number of rotatable bonds is 19. The highest BCUT2D eigenvalue weighted by Gasteiger charge is 2.16. The maximum atomic E-state index is 6.12. The second kappa shape index (κ2) is 19.9. The van der Waals surface area contributed by atoms with Crippen LogP contribution >= 0.6 is 0 Å². The summed E-state index contributed by atoms with van der Waals surface area (Å²) in [5.74, 6) is 2.83. The van der Waals surface area contributed by atoms with Gasteiger partial charge in [-0.15, -0.1) is 0 Å². The van der Waals surface area contributed by atoms with Crippen LogP contribution in [0.4, 0.5) is 0 Å². The van der Waals surface area contributed by atoms with Crippen molar-refractivity contribution in [1.82, 2.24) is 25.4 Å². The van der Waals surface area contributed by atoms with Crippen LogP contribution in [0.15, 0.2) is 94.9 Å². The fourth-order valence-electron chi connectivity index (χ4n) is 6.92. The van der Waals surface area contributed by atoms with Gasteiger partial charge in [0, 0.05) is 64.0 Å². The molecule has 3 heterocycles. The summed E-state index contributed by atoms with van der Waals surface area (Å²) in [6.45, 7) is 14.5. The summed E-state index contributed by atoms with van der Waals surface area (Å²) in [6, 6.07) is 22.7. The first-order chi connectivity index (χ1) is 26.2. The molecule has 10 heteroatoms. The topological polar surface area (TPSA) is 93.5 Å². The van der Waals surface area contributed by atoms with Crippen LogP contribution in [0.3, 0.4) is 0 Å². The van der Waals surface area contributed by atoms with E-state index in [1.165, 1.54) is 16.7 Å². The lowest BCUT2D eigenvalue weighted by Crippen LogP contribution is -2.39. The van der Waals surface area contributed by atoms with Crippen LogP contribution in [0.25, 0.3) is 22.6 Å². The van der Waals surface area contributed by atoms with Gasteiger partial charge in [0.25, 0.3) is 0 Å². The molecule has 7 rings (SSSR count). The summed E-state index contributed by atoms with van der Waals surface area (Å²) in [7, 11) is 0. The molecule has 1 unspecified atom stereocenters. The molecule has 2 aliphatic heterocycles. The van der Waals surface area contributed by atoms with Crippen LogP contribution in [0.1, 0.15) is 30.4 Å². The number of fused-ring (bicyclic) bond motifs is 1. The zero-order chi connectivity index (χ0) is 35.9. The minimum absolute atomic E-state index is 0.588. The Hall–Kier alpha value is -4.03. The molecule has 1 atom stereocenters. The number of nitrogens with zero attached hydrogens (tertiary/aromatic N) is 3. The van der Waals surface area contributed by atoms with E-state index < -0.39 is 0 Å². The molecule has 0 bridgehead atoms. The molecule has 4 aromatic rings. The van der Waals surface area contributed by atoms with Gasteiger partial charge in [-0.3, -0.25) is 9.80 Å². The standard InChI is InChI=1S/C43H55N5O5/c1(17-44-30-34-3-7-36(8-4-34)32-47-19-25-49-26-20-47)23-51-39-13-11-38(12-14-39)43-46-41-16-15-40(29-42(41)53-43)52-24-2-18-45-31-35-5-9-37(10-6-35)33-48-21-27-50-28-22-48/h3-7,9-16,29,36,44-45H,1-2,8,17-28,30-33H2. The van der Waals surface area contributed by atoms with Crippen LogP contribution in [0.5, 0.6) is 11.5 Å². The molecule has 0 amide bonds. The van der Waals surface area contributed by atoms with Crippen molar-refractivity contribution >= 4 is 11.1 Å². The van der Waals surface area contributed by atoms with Gasteiger partial charge in [0.05, 0.1) is 39.6 Å². The first-order valence-corrected chi connectivity index (χ1v) is 19.5. The number of hydrogen-bond acceptors (Lipinski definition) is 10. The fourth-order valence-corrected chi connectivity index (χ4v) is 6.92. The minimum atomic E-state index is 0.588. The highest BCUT2D eigenvalue weighted by molar-refractivity contribution is 5.77. The predicted octanol–water partition coefficient (Wildman–Crippen LogP) is 6.08. The second-order valence-electron chi connectivity index (χ2n) is 14.2. The van der Waals surface area contributed by atoms with E-state index >= 15 is 0 Å². The molecular formula is C43H55N5O5. The summed E-state index contributed by atoms with van der Waals surface area (Å²) in [6.07, 6.45) is 10.0. The number of nitrogens with one attached hydrogen (secondary N) is 2. The third-order valence-electron chi connectivity index (χ3n) is 10.0. The Morgan fingerprint density at radius 1 is 0.717 bits per heavy atom. The molecule has 0 spiro atoms. The lowest BCUT2D eigenvalue weighted by Gasteiger charge is -2.30. The molecule has 2 fully saturated rings. The van der Waals surface area contributed by atoms with Crippen molar-refractivity contribution in [3.8, 4) is 23.0 Å². The van der Waals surface area contributed by atoms with E-state index in [2.05, 4.69) is 62.9 Å². The normalized spacial score (nSPS) is 18.3. The first kappa shape index (κ1) is 37.3. The summed E-state index contributed by atoms with van der Waals surface area (Å²) >= 11 is 0. The maximum absolute atomic E-state index is 6.12. The van der Waals surface area contributed by atoms with Crippen molar-refractivity contribution in [3.05, 3.63) is 102 Å². The number of morpholine rings is 2. The third-order valence-corrected chi connectivity index (χ3v) is 10.0. The van der Waals surface area contributed by atoms with Gasteiger partial charge in [-0.05, 0) is 91.4 Å². The second-order valence-corrected chi connectivity index (χ2v) is 14.2. The van der Waals surface area contributed by atoms with Gasteiger partial charge in [0.1, 0.15) is 17.0 Å². The average molecular weight is 722 g/mol. The molecule has 53 heavy (non-hydrogen) atoms. The van der Waals surface area contributed by atoms with E-state index in [0.29, 0.717) is 30.6 Å². The lowest BCUT2D eigenvalue weighted by molar-refractivity contribution is 0.0335. The van der Waals surface area contributed by atoms with Crippen LogP contribution in [-0.4, -0.2) is 107 Å². The molecule has 3 aromatic carbocycles. The van der Waals surface area contributed by atoms with Gasteiger partial charge in [0.15, 0.2) is 5.58 Å². The summed E-state index contributed by atoms with van der Waals surface area (Å²) in [5.41, 5.74) is 6.46. The molecular weight excluding hydrogens is 667 g/mol. The quantitative estimate of drug-likeness (QED) is 0.111. The van der Waals surface area contributed by atoms with Crippen LogP contribution in [-0.2, 0) is 22.6 Å². The number of aromatic nitrogens is 1. The zero-order valence-electron chi connectivity index (χ0n) is 31.0. The molecule has 10 nitrogen and oxygen atoms in total. The Morgan fingerprint density at radius 2 is 1.38 bits per heavy atom. The Kier molecular flexibility index (Phi) is 14.0. The smallest absolute Gasteiger partial charge is 0.227 e. The van der Waals surface area contributed by atoms with Crippen LogP contribution < -0.4 is 20.1 Å². The van der Waals surface area contributed by atoms with Crippen molar-refractivity contribution in [3.63, 3.8) is 0 Å². The van der Waals surface area contributed by atoms with Crippen molar-refractivity contribution in [2.75, 3.05) is 92.0 Å². The number of ether oxygens (including phenoxy) is 4. The summed E-state index contributed by atoms with van der Waals surface area (Å²) in [4.78, 5) is 9.66. The van der Waals surface area contributed by atoms with E-state index in [-0.39, 0.29) is 0 Å². The SMILES string of the molecule is C1=CC(CN2CCOCC2)CC=C1CNCCCOc1ccc(-c2nc3ccc(OCCCNCc4ccc(CN5CCOCC5)cc4)cc3o2)cc1. The van der Waals surface area contributed by atoms with Gasteiger partial charge in [-0.2, -0.15) is 0 Å². The largest absolute Gasteiger partial charge is 0.494 e. The van der Waals surface area contributed by atoms with Gasteiger partial charge >= 0.3 is 0 Å². The van der Waals surface area contributed by atoms with Gasteiger partial charge in [-0.25, -0.2) is 4.98 Å². The fraction of sp³-hybridized carbons (Fsp3) is 0.465. The highest BCUT2D eigenvalue weighted by Crippen LogP contribution is 2.28. The highest BCUT2D eigenvalue weighted by atomic mass is 16.5. The van der Waals surface area contributed by atoms with Crippen molar-refractivity contribution in [1.29, 1.82) is 0 Å². The van der Waals surface area contributed by atoms with E-state index in [1.807, 2.05) is 42.5 Å². The van der Waals surface area contributed by atoms with Crippen molar-refractivity contribution in [2.24, 2.45) is 5.92 Å². The van der Waals surface area contributed by atoms with Gasteiger partial charge < -0.3 is 34.0 Å². The van der Waals surface area contributed by atoms with E-state index in [1.54, 1.807) is 0 Å². The average Bonchev–Trinajstić information content (AvgIpc) is 3.63. The molecule has 2 N–H and O–H groups in total. The molecule has 2 saturated heterocycles. The van der Waals surface area contributed by atoms with Gasteiger partial charge in [-0.1, -0.05) is 42.5 Å². The number of benzene rings is 3. The van der Waals surface area contributed by atoms with Crippen LogP contribution in [0, 0.1) is 5.92 Å². The van der Waals surface area contributed by atoms with Crippen molar-refractivity contribution < 1.29 is 23.4 Å². The Labute approximate surface area is 314 Å². The Morgan fingerprint density at radius 3 is 2.09 bits per heavy atom. The van der Waals surface area contributed by atoms with E-state index in [4.69, 9.17) is 28.3 Å². The molecule has 3 aliphatic rings. The molecule has 1 aromatic heterocycles. The van der Waals surface area contributed by atoms with Gasteiger partial charge in [0.2, 0.25) is 5.89 Å². The monoisotopic (exact) mass is 721 g/mol. The summed E-state index contributed by atoms with van der Waals surface area (Å²) < 4.78 is 29.1. The molecule has 0 radical (unpaired) electrons. The third kappa shape index (κ3) is 11.7. The van der Waals surface area contributed by atoms with Crippen molar-refractivity contribution in [2.45, 2.75) is 32.4 Å². The molecule has 0 saturated carbocycles. The maximum Gasteiger partial charge on any atom is 0.227 e. The van der Waals surface area contributed by atoms with E-state index in [9.17, 15) is 0 Å². The molecule has 1 aliphatic carbocycles. The molecule has 282 valence electrons. The Bertz CT molecular complexity index is 1740. The summed E-state index contributed by atoms with van der Waals surface area (Å²) in [5, 5.41) is 7.09. The number of hydrogen-bond donors (Lipinski definition) is 2. The minimum Gasteiger partial charge on any atom is -0.494 e. The van der Waals surface area contributed by atoms with E-state index in [0.717, 1.165) is 134 Å². The first-order valence-electron chi connectivity index (χ1n) is 19.5.